The maximum atomic E-state index is 10.6. The van der Waals surface area contributed by atoms with Crippen LogP contribution in [0, 0.1) is 10.1 Å². The summed E-state index contributed by atoms with van der Waals surface area (Å²) in [6.07, 6.45) is 0. The molecule has 0 saturated carbocycles. The largest absolute Gasteiger partial charge is 0.357 e. The molecule has 17 heavy (non-hydrogen) atoms. The summed E-state index contributed by atoms with van der Waals surface area (Å²) in [7, 11) is 0. The van der Waals surface area contributed by atoms with Gasteiger partial charge in [-0.05, 0) is 26.8 Å². The summed E-state index contributed by atoms with van der Waals surface area (Å²) in [6, 6.07) is 4.74. The Morgan fingerprint density at radius 3 is 2.71 bits per heavy atom. The summed E-state index contributed by atoms with van der Waals surface area (Å²) >= 11 is 1.50. The van der Waals surface area contributed by atoms with Crippen LogP contribution in [0.3, 0.4) is 0 Å². The Morgan fingerprint density at radius 2 is 2.12 bits per heavy atom. The van der Waals surface area contributed by atoms with Gasteiger partial charge >= 0.3 is 0 Å². The van der Waals surface area contributed by atoms with E-state index in [1.165, 1.54) is 23.5 Å². The minimum Gasteiger partial charge on any atom is -0.357 e. The van der Waals surface area contributed by atoms with Gasteiger partial charge in [0.2, 0.25) is 0 Å². The lowest BCUT2D eigenvalue weighted by atomic mass is 10.1. The second-order valence-corrected chi connectivity index (χ2v) is 5.83. The zero-order chi connectivity index (χ0) is 12.6. The van der Waals surface area contributed by atoms with Crippen LogP contribution in [0.4, 0.5) is 10.8 Å². The van der Waals surface area contributed by atoms with Crippen molar-refractivity contribution >= 4 is 32.4 Å². The number of benzene rings is 1. The molecule has 0 fully saturated rings. The van der Waals surface area contributed by atoms with E-state index in [1.54, 1.807) is 6.07 Å². The van der Waals surface area contributed by atoms with Gasteiger partial charge in [0.1, 0.15) is 0 Å². The lowest BCUT2D eigenvalue weighted by molar-refractivity contribution is -0.384. The van der Waals surface area contributed by atoms with Crippen LogP contribution in [0.5, 0.6) is 0 Å². The molecule has 5 nitrogen and oxygen atoms in total. The average molecular weight is 251 g/mol. The summed E-state index contributed by atoms with van der Waals surface area (Å²) in [5, 5.41) is 14.7. The van der Waals surface area contributed by atoms with Crippen LogP contribution in [-0.4, -0.2) is 15.4 Å². The first-order chi connectivity index (χ1) is 7.85. The molecule has 1 aromatic heterocycles. The van der Waals surface area contributed by atoms with Gasteiger partial charge in [-0.15, -0.1) is 0 Å². The molecular formula is C11H13N3O2S. The maximum absolute atomic E-state index is 10.6. The first-order valence-electron chi connectivity index (χ1n) is 5.18. The van der Waals surface area contributed by atoms with E-state index < -0.39 is 4.92 Å². The molecule has 0 atom stereocenters. The van der Waals surface area contributed by atoms with E-state index in [4.69, 9.17) is 0 Å². The van der Waals surface area contributed by atoms with Gasteiger partial charge in [-0.1, -0.05) is 11.3 Å². The first kappa shape index (κ1) is 11.8. The second kappa shape index (κ2) is 3.96. The Morgan fingerprint density at radius 1 is 1.41 bits per heavy atom. The third kappa shape index (κ3) is 2.71. The maximum Gasteiger partial charge on any atom is 0.271 e. The smallest absolute Gasteiger partial charge is 0.271 e. The standard InChI is InChI=1S/C11H13N3O2S/c1-11(2,3)13-10-12-8-6-7(14(15)16)4-5-9(8)17-10/h4-6H,1-3H3,(H,12,13). The van der Waals surface area contributed by atoms with Crippen LogP contribution in [0.1, 0.15) is 20.8 Å². The molecule has 2 aromatic rings. The van der Waals surface area contributed by atoms with Crippen molar-refractivity contribution in [3.63, 3.8) is 0 Å². The highest BCUT2D eigenvalue weighted by molar-refractivity contribution is 7.22. The van der Waals surface area contributed by atoms with Crippen LogP contribution in [0.15, 0.2) is 18.2 Å². The van der Waals surface area contributed by atoms with Crippen LogP contribution >= 0.6 is 11.3 Å². The molecule has 90 valence electrons. The van der Waals surface area contributed by atoms with Crippen LogP contribution in [0.25, 0.3) is 10.2 Å². The lowest BCUT2D eigenvalue weighted by Gasteiger charge is -2.19. The van der Waals surface area contributed by atoms with E-state index in [9.17, 15) is 10.1 Å². The summed E-state index contributed by atoms with van der Waals surface area (Å²) in [6.45, 7) is 6.13. The number of anilines is 1. The number of rotatable bonds is 2. The number of hydrogen-bond donors (Lipinski definition) is 1. The molecule has 0 bridgehead atoms. The Labute approximate surface area is 103 Å². The molecule has 2 rings (SSSR count). The average Bonchev–Trinajstić information content (AvgIpc) is 2.54. The number of non-ortho nitro benzene ring substituents is 1. The van der Waals surface area contributed by atoms with Gasteiger partial charge < -0.3 is 5.32 Å². The van der Waals surface area contributed by atoms with Crippen LogP contribution in [-0.2, 0) is 0 Å². The Hall–Kier alpha value is -1.69. The molecule has 1 N–H and O–H groups in total. The van der Waals surface area contributed by atoms with Crippen molar-refractivity contribution in [1.29, 1.82) is 0 Å². The monoisotopic (exact) mass is 251 g/mol. The first-order valence-corrected chi connectivity index (χ1v) is 6.00. The van der Waals surface area contributed by atoms with E-state index in [2.05, 4.69) is 10.3 Å². The molecule has 0 aliphatic heterocycles. The minimum absolute atomic E-state index is 0.0696. The fourth-order valence-corrected chi connectivity index (χ4v) is 2.46. The number of nitro groups is 1. The summed E-state index contributed by atoms with van der Waals surface area (Å²) in [5.41, 5.74) is 0.667. The minimum atomic E-state index is -0.407. The van der Waals surface area contributed by atoms with Gasteiger partial charge in [0, 0.05) is 17.7 Å². The summed E-state index contributed by atoms with van der Waals surface area (Å²) in [4.78, 5) is 14.6. The zero-order valence-electron chi connectivity index (χ0n) is 9.85. The Bertz CT molecular complexity index is 572. The van der Waals surface area contributed by atoms with E-state index in [1.807, 2.05) is 20.8 Å². The third-order valence-electron chi connectivity index (χ3n) is 2.06. The fourth-order valence-electron chi connectivity index (χ4n) is 1.40. The van der Waals surface area contributed by atoms with Crippen molar-refractivity contribution in [1.82, 2.24) is 4.98 Å². The number of nitro benzene ring substituents is 1. The molecular weight excluding hydrogens is 238 g/mol. The normalized spacial score (nSPS) is 11.7. The molecule has 1 aromatic carbocycles. The zero-order valence-corrected chi connectivity index (χ0v) is 10.7. The SMILES string of the molecule is CC(C)(C)Nc1nc2cc([N+](=O)[O-])ccc2s1. The van der Waals surface area contributed by atoms with Crippen molar-refractivity contribution in [2.45, 2.75) is 26.3 Å². The Balaban J connectivity index is 2.40. The molecule has 0 aliphatic rings. The van der Waals surface area contributed by atoms with Crippen LogP contribution in [0.2, 0.25) is 0 Å². The second-order valence-electron chi connectivity index (χ2n) is 4.80. The van der Waals surface area contributed by atoms with Gasteiger partial charge in [-0.2, -0.15) is 0 Å². The fraction of sp³-hybridized carbons (Fsp3) is 0.364. The molecule has 0 unspecified atom stereocenters. The topological polar surface area (TPSA) is 68.1 Å². The third-order valence-corrected chi connectivity index (χ3v) is 3.02. The molecule has 0 amide bonds. The van der Waals surface area contributed by atoms with Gasteiger partial charge in [0.25, 0.3) is 5.69 Å². The molecule has 0 spiro atoms. The summed E-state index contributed by atoms with van der Waals surface area (Å²) < 4.78 is 0.947. The quantitative estimate of drug-likeness (QED) is 0.656. The van der Waals surface area contributed by atoms with Crippen molar-refractivity contribution in [3.8, 4) is 0 Å². The number of thiazole rings is 1. The Kier molecular flexibility index (Phi) is 2.74. The van der Waals surface area contributed by atoms with Gasteiger partial charge in [-0.3, -0.25) is 10.1 Å². The van der Waals surface area contributed by atoms with Crippen molar-refractivity contribution < 1.29 is 4.92 Å². The highest BCUT2D eigenvalue weighted by Gasteiger charge is 2.14. The van der Waals surface area contributed by atoms with E-state index >= 15 is 0 Å². The number of fused-ring (bicyclic) bond motifs is 1. The predicted octanol–water partition coefficient (Wildman–Crippen LogP) is 3.41. The molecule has 0 saturated heterocycles. The molecule has 0 radical (unpaired) electrons. The molecule has 1 heterocycles. The highest BCUT2D eigenvalue weighted by atomic mass is 32.1. The number of hydrogen-bond acceptors (Lipinski definition) is 5. The van der Waals surface area contributed by atoms with Gasteiger partial charge in [0.05, 0.1) is 15.1 Å². The van der Waals surface area contributed by atoms with E-state index in [0.29, 0.717) is 5.52 Å². The number of nitrogens with zero attached hydrogens (tertiary/aromatic N) is 2. The van der Waals surface area contributed by atoms with Gasteiger partial charge in [-0.25, -0.2) is 4.98 Å². The predicted molar refractivity (Wildman–Crippen MR) is 69.7 cm³/mol. The van der Waals surface area contributed by atoms with E-state index in [-0.39, 0.29) is 11.2 Å². The molecule has 6 heteroatoms. The number of nitrogens with one attached hydrogen (secondary N) is 1. The highest BCUT2D eigenvalue weighted by Crippen LogP contribution is 2.30. The number of aromatic nitrogens is 1. The molecule has 0 aliphatic carbocycles. The van der Waals surface area contributed by atoms with Crippen molar-refractivity contribution in [2.24, 2.45) is 0 Å². The van der Waals surface area contributed by atoms with Crippen molar-refractivity contribution in [3.05, 3.63) is 28.3 Å². The van der Waals surface area contributed by atoms with Crippen LogP contribution < -0.4 is 5.32 Å². The van der Waals surface area contributed by atoms with E-state index in [0.717, 1.165) is 9.83 Å². The summed E-state index contributed by atoms with van der Waals surface area (Å²) in [5.74, 6) is 0. The lowest BCUT2D eigenvalue weighted by Crippen LogP contribution is -2.25. The van der Waals surface area contributed by atoms with Gasteiger partial charge in [0.15, 0.2) is 5.13 Å². The van der Waals surface area contributed by atoms with Crippen molar-refractivity contribution in [2.75, 3.05) is 5.32 Å².